The van der Waals surface area contributed by atoms with Crippen LogP contribution < -0.4 is 20.3 Å². The molecule has 0 bridgehead atoms. The molecule has 3 N–H and O–H groups in total. The van der Waals surface area contributed by atoms with Gasteiger partial charge in [0, 0.05) is 5.69 Å². The Morgan fingerprint density at radius 3 is 2.58 bits per heavy atom. The molecule has 1 aromatic heterocycles. The van der Waals surface area contributed by atoms with Gasteiger partial charge < -0.3 is 25.0 Å². The van der Waals surface area contributed by atoms with Crippen molar-refractivity contribution in [3.05, 3.63) is 29.5 Å². The molecule has 26 heavy (non-hydrogen) atoms. The van der Waals surface area contributed by atoms with E-state index in [9.17, 15) is 0 Å². The number of anilines is 3. The molecule has 3 rings (SSSR count). The standard InChI is InChI=1S/C17H23ClN6O2/c1-2-26-14-5-3-13(4-6-14)20-17-22-15(18)21-16(23-17)19-7-8-24-9-11-25-12-10-24/h3-6H,2,7-12H2,1H3,(H2,19,20,21,22,23)/p+1. The van der Waals surface area contributed by atoms with E-state index in [4.69, 9.17) is 21.1 Å². The van der Waals surface area contributed by atoms with Crippen molar-refractivity contribution in [3.63, 3.8) is 0 Å². The number of quaternary nitrogens is 1. The molecule has 1 aromatic carbocycles. The molecule has 0 amide bonds. The average molecular weight is 380 g/mol. The number of ether oxygens (including phenoxy) is 2. The minimum Gasteiger partial charge on any atom is -0.494 e. The highest BCUT2D eigenvalue weighted by Gasteiger charge is 2.13. The predicted octanol–water partition coefficient (Wildman–Crippen LogP) is 0.994. The fourth-order valence-corrected chi connectivity index (χ4v) is 2.84. The lowest BCUT2D eigenvalue weighted by Crippen LogP contribution is -3.14. The third kappa shape index (κ3) is 5.69. The normalized spacial score (nSPS) is 14.8. The maximum absolute atomic E-state index is 6.03. The van der Waals surface area contributed by atoms with E-state index in [0.717, 1.165) is 50.8 Å². The summed E-state index contributed by atoms with van der Waals surface area (Å²) in [5, 5.41) is 6.49. The number of halogens is 1. The van der Waals surface area contributed by atoms with E-state index in [1.54, 1.807) is 0 Å². The SMILES string of the molecule is CCOc1ccc(Nc2nc(Cl)nc(NCC[NH+]3CCOCC3)n2)cc1. The molecule has 2 aromatic rings. The zero-order valence-electron chi connectivity index (χ0n) is 14.8. The largest absolute Gasteiger partial charge is 0.494 e. The third-order valence-corrected chi connectivity index (χ3v) is 4.16. The highest BCUT2D eigenvalue weighted by atomic mass is 35.5. The molecule has 8 nitrogen and oxygen atoms in total. The van der Waals surface area contributed by atoms with Gasteiger partial charge in [-0.2, -0.15) is 15.0 Å². The summed E-state index contributed by atoms with van der Waals surface area (Å²) >= 11 is 6.03. The summed E-state index contributed by atoms with van der Waals surface area (Å²) in [7, 11) is 0. The number of nitrogens with one attached hydrogen (secondary N) is 3. The molecule has 9 heteroatoms. The van der Waals surface area contributed by atoms with Gasteiger partial charge in [-0.15, -0.1) is 0 Å². The van der Waals surface area contributed by atoms with Crippen molar-refractivity contribution in [2.45, 2.75) is 6.92 Å². The van der Waals surface area contributed by atoms with Crippen LogP contribution in [-0.4, -0.2) is 61.0 Å². The fourth-order valence-electron chi connectivity index (χ4n) is 2.68. The molecular weight excluding hydrogens is 356 g/mol. The van der Waals surface area contributed by atoms with Crippen LogP contribution in [-0.2, 0) is 4.74 Å². The topological polar surface area (TPSA) is 85.6 Å². The maximum atomic E-state index is 6.03. The highest BCUT2D eigenvalue weighted by Crippen LogP contribution is 2.19. The molecule has 0 unspecified atom stereocenters. The first-order valence-corrected chi connectivity index (χ1v) is 9.17. The van der Waals surface area contributed by atoms with Crippen molar-refractivity contribution < 1.29 is 14.4 Å². The molecule has 0 aliphatic carbocycles. The molecule has 0 saturated carbocycles. The van der Waals surface area contributed by atoms with Crippen LogP contribution in [0, 0.1) is 0 Å². The Balaban J connectivity index is 1.56. The van der Waals surface area contributed by atoms with E-state index in [-0.39, 0.29) is 5.28 Å². The molecule has 140 valence electrons. The van der Waals surface area contributed by atoms with Gasteiger partial charge in [-0.3, -0.25) is 0 Å². The first-order chi connectivity index (χ1) is 12.7. The van der Waals surface area contributed by atoms with E-state index in [1.807, 2.05) is 31.2 Å². The Morgan fingerprint density at radius 1 is 1.12 bits per heavy atom. The second-order valence-corrected chi connectivity index (χ2v) is 6.21. The van der Waals surface area contributed by atoms with Crippen molar-refractivity contribution >= 4 is 29.2 Å². The highest BCUT2D eigenvalue weighted by molar-refractivity contribution is 6.28. The smallest absolute Gasteiger partial charge is 0.233 e. The predicted molar refractivity (Wildman–Crippen MR) is 101 cm³/mol. The molecule has 0 radical (unpaired) electrons. The van der Waals surface area contributed by atoms with E-state index in [1.165, 1.54) is 4.90 Å². The number of aromatic nitrogens is 3. The van der Waals surface area contributed by atoms with Gasteiger partial charge >= 0.3 is 0 Å². The first-order valence-electron chi connectivity index (χ1n) is 8.79. The molecular formula is C17H24ClN6O2+. The zero-order chi connectivity index (χ0) is 18.2. The number of nitrogens with zero attached hydrogens (tertiary/aromatic N) is 3. The van der Waals surface area contributed by atoms with Gasteiger partial charge in [-0.1, -0.05) is 0 Å². The van der Waals surface area contributed by atoms with Crippen LogP contribution in [0.25, 0.3) is 0 Å². The number of morpholine rings is 1. The van der Waals surface area contributed by atoms with Crippen LogP contribution in [0.2, 0.25) is 5.28 Å². The van der Waals surface area contributed by atoms with Gasteiger partial charge in [0.1, 0.15) is 18.8 Å². The van der Waals surface area contributed by atoms with Crippen LogP contribution in [0.1, 0.15) is 6.92 Å². The summed E-state index contributed by atoms with van der Waals surface area (Å²) in [5.74, 6) is 1.68. The van der Waals surface area contributed by atoms with Gasteiger partial charge in [0.05, 0.1) is 32.9 Å². The quantitative estimate of drug-likeness (QED) is 0.630. The summed E-state index contributed by atoms with van der Waals surface area (Å²) in [6.45, 7) is 8.04. The van der Waals surface area contributed by atoms with Gasteiger partial charge in [-0.05, 0) is 42.8 Å². The second-order valence-electron chi connectivity index (χ2n) is 5.87. The number of hydrogen-bond donors (Lipinski definition) is 3. The van der Waals surface area contributed by atoms with E-state index in [2.05, 4.69) is 25.6 Å². The van der Waals surface area contributed by atoms with E-state index >= 15 is 0 Å². The lowest BCUT2D eigenvalue weighted by Gasteiger charge is -2.23. The van der Waals surface area contributed by atoms with Crippen LogP contribution >= 0.6 is 11.6 Å². The minimum atomic E-state index is 0.148. The van der Waals surface area contributed by atoms with Crippen LogP contribution in [0.3, 0.4) is 0 Å². The Labute approximate surface area is 157 Å². The Morgan fingerprint density at radius 2 is 1.85 bits per heavy atom. The molecule has 1 saturated heterocycles. The number of benzene rings is 1. The van der Waals surface area contributed by atoms with Crippen LogP contribution in [0.5, 0.6) is 5.75 Å². The Hall–Kier alpha value is -2.16. The third-order valence-electron chi connectivity index (χ3n) is 3.99. The molecule has 1 fully saturated rings. The van der Waals surface area contributed by atoms with Crippen LogP contribution in [0.15, 0.2) is 24.3 Å². The summed E-state index contributed by atoms with van der Waals surface area (Å²) in [4.78, 5) is 14.1. The van der Waals surface area contributed by atoms with E-state index in [0.29, 0.717) is 18.5 Å². The Bertz CT molecular complexity index is 694. The van der Waals surface area contributed by atoms with Crippen LogP contribution in [0.4, 0.5) is 17.6 Å². The number of hydrogen-bond acceptors (Lipinski definition) is 7. The van der Waals surface area contributed by atoms with Gasteiger partial charge in [0.2, 0.25) is 17.2 Å². The van der Waals surface area contributed by atoms with Gasteiger partial charge in [0.25, 0.3) is 0 Å². The Kier molecular flexibility index (Phi) is 6.82. The fraction of sp³-hybridized carbons (Fsp3) is 0.471. The summed E-state index contributed by atoms with van der Waals surface area (Å²) in [6.07, 6.45) is 0. The van der Waals surface area contributed by atoms with Crippen molar-refractivity contribution in [2.24, 2.45) is 0 Å². The minimum absolute atomic E-state index is 0.148. The van der Waals surface area contributed by atoms with Gasteiger partial charge in [0.15, 0.2) is 0 Å². The molecule has 0 atom stereocenters. The molecule has 0 spiro atoms. The lowest BCUT2D eigenvalue weighted by molar-refractivity contribution is -0.906. The second kappa shape index (κ2) is 9.51. The monoisotopic (exact) mass is 379 g/mol. The lowest BCUT2D eigenvalue weighted by atomic mass is 10.3. The summed E-state index contributed by atoms with van der Waals surface area (Å²) in [5.41, 5.74) is 0.847. The molecule has 2 heterocycles. The maximum Gasteiger partial charge on any atom is 0.233 e. The van der Waals surface area contributed by atoms with Gasteiger partial charge in [-0.25, -0.2) is 0 Å². The van der Waals surface area contributed by atoms with Crippen molar-refractivity contribution in [3.8, 4) is 5.75 Å². The van der Waals surface area contributed by atoms with Crippen molar-refractivity contribution in [1.82, 2.24) is 15.0 Å². The zero-order valence-corrected chi connectivity index (χ0v) is 15.6. The molecule has 1 aliphatic heterocycles. The summed E-state index contributed by atoms with van der Waals surface area (Å²) in [6, 6.07) is 7.58. The first kappa shape index (κ1) is 18.6. The summed E-state index contributed by atoms with van der Waals surface area (Å²) < 4.78 is 10.8. The average Bonchev–Trinajstić information content (AvgIpc) is 2.64. The molecule has 1 aliphatic rings. The van der Waals surface area contributed by atoms with Crippen molar-refractivity contribution in [2.75, 3.05) is 56.6 Å². The van der Waals surface area contributed by atoms with Crippen molar-refractivity contribution in [1.29, 1.82) is 0 Å². The van der Waals surface area contributed by atoms with E-state index < -0.39 is 0 Å². The number of rotatable bonds is 8.